The van der Waals surface area contributed by atoms with Crippen molar-refractivity contribution in [3.8, 4) is 0 Å². The number of rotatable bonds is 6. The van der Waals surface area contributed by atoms with Crippen LogP contribution in [0.4, 0.5) is 0 Å². The third-order valence-electron chi connectivity index (χ3n) is 4.32. The van der Waals surface area contributed by atoms with Crippen LogP contribution < -0.4 is 5.32 Å². The molecule has 0 aliphatic heterocycles. The molecule has 0 unspecified atom stereocenters. The third-order valence-corrected chi connectivity index (χ3v) is 6.10. The van der Waals surface area contributed by atoms with Crippen molar-refractivity contribution in [2.75, 3.05) is 13.6 Å². The number of hydrogen-bond donors (Lipinski definition) is 1. The summed E-state index contributed by atoms with van der Waals surface area (Å²) < 4.78 is 32.2. The number of sulfonamides is 1. The molecule has 2 rings (SSSR count). The van der Waals surface area contributed by atoms with Gasteiger partial charge in [0, 0.05) is 13.1 Å². The van der Waals surface area contributed by atoms with Crippen molar-refractivity contribution in [2.24, 2.45) is 5.92 Å². The van der Waals surface area contributed by atoms with Crippen LogP contribution in [0, 0.1) is 5.92 Å². The van der Waals surface area contributed by atoms with Crippen LogP contribution in [0.3, 0.4) is 0 Å². The molecule has 0 spiro atoms. The molecule has 1 aliphatic carbocycles. The lowest BCUT2D eigenvalue weighted by atomic mass is 9.87. The van der Waals surface area contributed by atoms with Crippen LogP contribution in [0.2, 0.25) is 0 Å². The molecule has 1 aromatic rings. The Morgan fingerprint density at radius 3 is 2.57 bits per heavy atom. The second-order valence-electron chi connectivity index (χ2n) is 5.94. The van der Waals surface area contributed by atoms with Gasteiger partial charge in [-0.1, -0.05) is 13.8 Å². The molecular formula is C15H26N2O3S. The molecule has 1 saturated carbocycles. The molecule has 21 heavy (non-hydrogen) atoms. The average Bonchev–Trinajstić information content (AvgIpc) is 2.94. The molecule has 1 aromatic heterocycles. The van der Waals surface area contributed by atoms with Gasteiger partial charge >= 0.3 is 0 Å². The van der Waals surface area contributed by atoms with Gasteiger partial charge in [-0.2, -0.15) is 4.31 Å². The van der Waals surface area contributed by atoms with Gasteiger partial charge in [-0.25, -0.2) is 8.42 Å². The van der Waals surface area contributed by atoms with Crippen molar-refractivity contribution in [1.82, 2.24) is 9.62 Å². The van der Waals surface area contributed by atoms with Crippen molar-refractivity contribution < 1.29 is 12.8 Å². The lowest BCUT2D eigenvalue weighted by Gasteiger charge is -2.32. The van der Waals surface area contributed by atoms with E-state index in [0.717, 1.165) is 32.2 Å². The summed E-state index contributed by atoms with van der Waals surface area (Å²) in [7, 11) is -1.85. The maximum absolute atomic E-state index is 12.6. The zero-order chi connectivity index (χ0) is 15.5. The maximum atomic E-state index is 12.6. The highest BCUT2D eigenvalue weighted by Crippen LogP contribution is 2.30. The number of hydrogen-bond acceptors (Lipinski definition) is 4. The molecule has 0 radical (unpaired) electrons. The molecule has 0 aromatic carbocycles. The van der Waals surface area contributed by atoms with E-state index in [1.165, 1.54) is 4.31 Å². The second-order valence-corrected chi connectivity index (χ2v) is 7.86. The summed E-state index contributed by atoms with van der Waals surface area (Å²) in [6, 6.07) is 3.38. The molecule has 0 amide bonds. The minimum absolute atomic E-state index is 0.0523. The highest BCUT2D eigenvalue weighted by molar-refractivity contribution is 7.89. The topological polar surface area (TPSA) is 62.6 Å². The van der Waals surface area contributed by atoms with Crippen molar-refractivity contribution in [2.45, 2.75) is 57.2 Å². The zero-order valence-corrected chi connectivity index (χ0v) is 13.9. The Labute approximate surface area is 127 Å². The Hall–Kier alpha value is -0.850. The lowest BCUT2D eigenvalue weighted by molar-refractivity contribution is 0.241. The first-order valence-corrected chi connectivity index (χ1v) is 9.16. The fraction of sp³-hybridized carbons (Fsp3) is 0.733. The van der Waals surface area contributed by atoms with E-state index in [0.29, 0.717) is 18.2 Å². The van der Waals surface area contributed by atoms with Crippen molar-refractivity contribution in [3.63, 3.8) is 0 Å². The molecule has 0 atom stereocenters. The molecule has 1 heterocycles. The maximum Gasteiger partial charge on any atom is 0.276 e. The van der Waals surface area contributed by atoms with E-state index in [9.17, 15) is 8.42 Å². The first kappa shape index (κ1) is 16.5. The predicted octanol–water partition coefficient (Wildman–Crippen LogP) is 2.59. The summed E-state index contributed by atoms with van der Waals surface area (Å²) >= 11 is 0. The van der Waals surface area contributed by atoms with E-state index in [1.807, 2.05) is 6.92 Å². The van der Waals surface area contributed by atoms with E-state index in [4.69, 9.17) is 4.42 Å². The molecule has 1 N–H and O–H groups in total. The number of furan rings is 1. The van der Waals surface area contributed by atoms with Crippen LogP contribution in [0.5, 0.6) is 0 Å². The Balaban J connectivity index is 2.07. The minimum atomic E-state index is -3.52. The van der Waals surface area contributed by atoms with E-state index < -0.39 is 10.0 Å². The largest absolute Gasteiger partial charge is 0.447 e. The monoisotopic (exact) mass is 314 g/mol. The highest BCUT2D eigenvalue weighted by atomic mass is 32.2. The van der Waals surface area contributed by atoms with E-state index >= 15 is 0 Å². The first-order chi connectivity index (χ1) is 9.95. The van der Waals surface area contributed by atoms with Crippen molar-refractivity contribution in [3.05, 3.63) is 17.9 Å². The third kappa shape index (κ3) is 3.87. The molecule has 6 heteroatoms. The quantitative estimate of drug-likeness (QED) is 0.876. The second kappa shape index (κ2) is 6.94. The summed E-state index contributed by atoms with van der Waals surface area (Å²) in [5.74, 6) is 1.36. The standard InChI is InChI=1S/C15H26N2O3S/c1-4-16-11-14-9-10-15(20-14)21(18,19)17(3)13-7-5-12(2)6-8-13/h9-10,12-13,16H,4-8,11H2,1-3H3. The molecule has 1 fully saturated rings. The van der Waals surface area contributed by atoms with E-state index in [2.05, 4.69) is 12.2 Å². The van der Waals surface area contributed by atoms with Crippen LogP contribution >= 0.6 is 0 Å². The average molecular weight is 314 g/mol. The van der Waals surface area contributed by atoms with Gasteiger partial charge in [-0.3, -0.25) is 0 Å². The Kier molecular flexibility index (Phi) is 5.46. The van der Waals surface area contributed by atoms with Gasteiger partial charge in [0.2, 0.25) is 5.09 Å². The van der Waals surface area contributed by atoms with Gasteiger partial charge in [0.15, 0.2) is 0 Å². The Bertz CT molecular complexity index is 545. The summed E-state index contributed by atoms with van der Waals surface area (Å²) in [6.07, 6.45) is 4.05. The summed E-state index contributed by atoms with van der Waals surface area (Å²) in [5.41, 5.74) is 0. The molecular weight excluding hydrogens is 288 g/mol. The molecule has 120 valence electrons. The van der Waals surface area contributed by atoms with Gasteiger partial charge in [-0.05, 0) is 50.3 Å². The van der Waals surface area contributed by atoms with Crippen LogP contribution in [0.1, 0.15) is 45.3 Å². The van der Waals surface area contributed by atoms with Crippen LogP contribution in [0.25, 0.3) is 0 Å². The van der Waals surface area contributed by atoms with Crippen LogP contribution in [-0.4, -0.2) is 32.4 Å². The van der Waals surface area contributed by atoms with E-state index in [-0.39, 0.29) is 11.1 Å². The SMILES string of the molecule is CCNCc1ccc(S(=O)(=O)N(C)C2CCC(C)CC2)o1. The predicted molar refractivity (Wildman–Crippen MR) is 82.5 cm³/mol. The highest BCUT2D eigenvalue weighted by Gasteiger charge is 2.32. The first-order valence-electron chi connectivity index (χ1n) is 7.72. The summed E-state index contributed by atoms with van der Waals surface area (Å²) in [4.78, 5) is 0. The van der Waals surface area contributed by atoms with Gasteiger partial charge in [0.25, 0.3) is 10.0 Å². The van der Waals surface area contributed by atoms with Crippen LogP contribution in [-0.2, 0) is 16.6 Å². The van der Waals surface area contributed by atoms with E-state index in [1.54, 1.807) is 19.2 Å². The molecule has 5 nitrogen and oxygen atoms in total. The van der Waals surface area contributed by atoms with Gasteiger partial charge in [-0.15, -0.1) is 0 Å². The Morgan fingerprint density at radius 2 is 1.95 bits per heavy atom. The van der Waals surface area contributed by atoms with Crippen molar-refractivity contribution >= 4 is 10.0 Å². The fourth-order valence-corrected chi connectivity index (χ4v) is 4.12. The summed E-state index contributed by atoms with van der Waals surface area (Å²) in [5, 5.41) is 3.18. The fourth-order valence-electron chi connectivity index (χ4n) is 2.78. The van der Waals surface area contributed by atoms with Gasteiger partial charge in [0.1, 0.15) is 5.76 Å². The van der Waals surface area contributed by atoms with Crippen molar-refractivity contribution in [1.29, 1.82) is 0 Å². The summed E-state index contributed by atoms with van der Waals surface area (Å²) in [6.45, 7) is 5.60. The number of nitrogens with zero attached hydrogens (tertiary/aromatic N) is 1. The number of nitrogens with one attached hydrogen (secondary N) is 1. The smallest absolute Gasteiger partial charge is 0.276 e. The normalized spacial score (nSPS) is 23.6. The molecule has 0 saturated heterocycles. The zero-order valence-electron chi connectivity index (χ0n) is 13.1. The van der Waals surface area contributed by atoms with Gasteiger partial charge in [0.05, 0.1) is 6.54 Å². The lowest BCUT2D eigenvalue weighted by Crippen LogP contribution is -2.39. The van der Waals surface area contributed by atoms with Crippen LogP contribution in [0.15, 0.2) is 21.6 Å². The van der Waals surface area contributed by atoms with Gasteiger partial charge < -0.3 is 9.73 Å². The molecule has 0 bridgehead atoms. The minimum Gasteiger partial charge on any atom is -0.447 e. The Morgan fingerprint density at radius 1 is 1.29 bits per heavy atom. The molecule has 1 aliphatic rings.